The molecule has 17 heavy (non-hydrogen) atoms. The fourth-order valence-electron chi connectivity index (χ4n) is 2.38. The van der Waals surface area contributed by atoms with Gasteiger partial charge in [-0.3, -0.25) is 4.79 Å². The predicted octanol–water partition coefficient (Wildman–Crippen LogP) is 2.51. The van der Waals surface area contributed by atoms with E-state index >= 15 is 0 Å². The molecule has 0 bridgehead atoms. The van der Waals surface area contributed by atoms with Gasteiger partial charge >= 0.3 is 0 Å². The smallest absolute Gasteiger partial charge is 0.226 e. The number of hydrogen-bond acceptors (Lipinski definition) is 2. The van der Waals surface area contributed by atoms with Crippen molar-refractivity contribution in [3.05, 3.63) is 29.3 Å². The van der Waals surface area contributed by atoms with Gasteiger partial charge in [0, 0.05) is 17.6 Å². The summed E-state index contributed by atoms with van der Waals surface area (Å²) in [6, 6.07) is 6.05. The Morgan fingerprint density at radius 1 is 1.29 bits per heavy atom. The minimum atomic E-state index is -0.247. The van der Waals surface area contributed by atoms with Crippen molar-refractivity contribution in [3.8, 4) is 0 Å². The molecule has 0 spiro atoms. The van der Waals surface area contributed by atoms with Crippen LogP contribution in [0.25, 0.3) is 0 Å². The molecule has 1 fully saturated rings. The van der Waals surface area contributed by atoms with Gasteiger partial charge in [-0.2, -0.15) is 0 Å². The van der Waals surface area contributed by atoms with Gasteiger partial charge in [0.05, 0.1) is 0 Å². The third-order valence-electron chi connectivity index (χ3n) is 3.37. The summed E-state index contributed by atoms with van der Waals surface area (Å²) in [7, 11) is 0. The molecule has 1 aliphatic rings. The highest BCUT2D eigenvalue weighted by atomic mass is 16.1. The first-order chi connectivity index (χ1) is 7.97. The molecular formula is C14H20N2O. The number of rotatable bonds is 3. The lowest BCUT2D eigenvalue weighted by molar-refractivity contribution is -0.118. The number of carbonyl (C=O) groups is 1. The monoisotopic (exact) mass is 232 g/mol. The third-order valence-corrected chi connectivity index (χ3v) is 3.37. The molecule has 1 saturated carbocycles. The molecule has 0 atom stereocenters. The standard InChI is InChI=1S/C14H20N2O/c1-10-6-11(2)8-12(7-10)16-13(17)9-14(15)4-3-5-14/h6-8H,3-5,9,15H2,1-2H3,(H,16,17). The first-order valence-electron chi connectivity index (χ1n) is 6.14. The summed E-state index contributed by atoms with van der Waals surface area (Å²) in [4.78, 5) is 11.9. The molecule has 1 aromatic rings. The number of aryl methyl sites for hydroxylation is 2. The van der Waals surface area contributed by atoms with Crippen LogP contribution < -0.4 is 11.1 Å². The summed E-state index contributed by atoms with van der Waals surface area (Å²) in [5.41, 5.74) is 9.00. The average molecular weight is 232 g/mol. The molecule has 0 unspecified atom stereocenters. The Balaban J connectivity index is 1.98. The second kappa shape index (κ2) is 4.49. The number of nitrogens with two attached hydrogens (primary N) is 1. The van der Waals surface area contributed by atoms with Crippen LogP contribution in [0.5, 0.6) is 0 Å². The minimum Gasteiger partial charge on any atom is -0.326 e. The first-order valence-corrected chi connectivity index (χ1v) is 6.14. The van der Waals surface area contributed by atoms with Crippen molar-refractivity contribution in [1.82, 2.24) is 0 Å². The van der Waals surface area contributed by atoms with Crippen molar-refractivity contribution in [2.24, 2.45) is 5.73 Å². The van der Waals surface area contributed by atoms with Crippen LogP contribution in [0.15, 0.2) is 18.2 Å². The van der Waals surface area contributed by atoms with Crippen LogP contribution in [0.1, 0.15) is 36.8 Å². The minimum absolute atomic E-state index is 0.0252. The number of benzene rings is 1. The largest absolute Gasteiger partial charge is 0.326 e. The molecule has 92 valence electrons. The van der Waals surface area contributed by atoms with Crippen LogP contribution in [-0.4, -0.2) is 11.4 Å². The molecule has 3 heteroatoms. The maximum Gasteiger partial charge on any atom is 0.226 e. The van der Waals surface area contributed by atoms with Crippen molar-refractivity contribution < 1.29 is 4.79 Å². The number of anilines is 1. The van der Waals surface area contributed by atoms with E-state index in [1.54, 1.807) is 0 Å². The van der Waals surface area contributed by atoms with Crippen LogP contribution in [-0.2, 0) is 4.79 Å². The van der Waals surface area contributed by atoms with Gasteiger partial charge in [0.25, 0.3) is 0 Å². The van der Waals surface area contributed by atoms with Crippen molar-refractivity contribution >= 4 is 11.6 Å². The SMILES string of the molecule is Cc1cc(C)cc(NC(=O)CC2(N)CCC2)c1. The maximum absolute atomic E-state index is 11.9. The van der Waals surface area contributed by atoms with E-state index in [9.17, 15) is 4.79 Å². The van der Waals surface area contributed by atoms with Crippen LogP contribution in [0.2, 0.25) is 0 Å². The van der Waals surface area contributed by atoms with Crippen molar-refractivity contribution in [1.29, 1.82) is 0 Å². The zero-order valence-corrected chi connectivity index (χ0v) is 10.5. The number of carbonyl (C=O) groups excluding carboxylic acids is 1. The topological polar surface area (TPSA) is 55.1 Å². The molecule has 3 N–H and O–H groups in total. The predicted molar refractivity (Wildman–Crippen MR) is 69.9 cm³/mol. The van der Waals surface area contributed by atoms with E-state index in [2.05, 4.69) is 11.4 Å². The fourth-order valence-corrected chi connectivity index (χ4v) is 2.38. The Morgan fingerprint density at radius 3 is 2.35 bits per heavy atom. The number of amides is 1. The van der Waals surface area contributed by atoms with Gasteiger partial charge in [-0.15, -0.1) is 0 Å². The Morgan fingerprint density at radius 2 is 1.88 bits per heavy atom. The quantitative estimate of drug-likeness (QED) is 0.841. The lowest BCUT2D eigenvalue weighted by Gasteiger charge is -2.37. The highest BCUT2D eigenvalue weighted by Crippen LogP contribution is 2.32. The lowest BCUT2D eigenvalue weighted by Crippen LogP contribution is -2.48. The summed E-state index contributed by atoms with van der Waals surface area (Å²) >= 11 is 0. The van der Waals surface area contributed by atoms with Crippen molar-refractivity contribution in [2.75, 3.05) is 5.32 Å². The molecule has 2 rings (SSSR count). The van der Waals surface area contributed by atoms with Crippen LogP contribution in [0.3, 0.4) is 0 Å². The van der Waals surface area contributed by atoms with Gasteiger partial charge < -0.3 is 11.1 Å². The second-order valence-electron chi connectivity index (χ2n) is 5.32. The molecule has 0 heterocycles. The summed E-state index contributed by atoms with van der Waals surface area (Å²) < 4.78 is 0. The summed E-state index contributed by atoms with van der Waals surface area (Å²) in [5, 5.41) is 2.93. The first kappa shape index (κ1) is 12.1. The molecule has 0 aliphatic heterocycles. The van der Waals surface area contributed by atoms with E-state index in [-0.39, 0.29) is 11.4 Å². The third kappa shape index (κ3) is 3.07. The highest BCUT2D eigenvalue weighted by molar-refractivity contribution is 5.91. The fraction of sp³-hybridized carbons (Fsp3) is 0.500. The Kier molecular flexibility index (Phi) is 3.20. The summed E-state index contributed by atoms with van der Waals surface area (Å²) in [6.07, 6.45) is 3.51. The molecular weight excluding hydrogens is 212 g/mol. The maximum atomic E-state index is 11.9. The van der Waals surface area contributed by atoms with Crippen LogP contribution in [0.4, 0.5) is 5.69 Å². The highest BCUT2D eigenvalue weighted by Gasteiger charge is 2.34. The van der Waals surface area contributed by atoms with Gasteiger partial charge in [-0.25, -0.2) is 0 Å². The lowest BCUT2D eigenvalue weighted by atomic mass is 9.75. The van der Waals surface area contributed by atoms with Crippen LogP contribution in [0, 0.1) is 13.8 Å². The number of nitrogens with one attached hydrogen (secondary N) is 1. The molecule has 3 nitrogen and oxygen atoms in total. The van der Waals surface area contributed by atoms with Gasteiger partial charge in [0.2, 0.25) is 5.91 Å². The summed E-state index contributed by atoms with van der Waals surface area (Å²) in [6.45, 7) is 4.05. The Labute approximate surface area is 102 Å². The molecule has 0 saturated heterocycles. The van der Waals surface area contributed by atoms with Gasteiger partial charge in [-0.1, -0.05) is 6.07 Å². The van der Waals surface area contributed by atoms with Gasteiger partial charge in [0.15, 0.2) is 0 Å². The van der Waals surface area contributed by atoms with E-state index < -0.39 is 0 Å². The van der Waals surface area contributed by atoms with E-state index in [4.69, 9.17) is 5.73 Å². The zero-order valence-electron chi connectivity index (χ0n) is 10.5. The van der Waals surface area contributed by atoms with Crippen molar-refractivity contribution in [2.45, 2.75) is 45.1 Å². The zero-order chi connectivity index (χ0) is 12.5. The Hall–Kier alpha value is -1.35. The van der Waals surface area contributed by atoms with E-state index in [0.29, 0.717) is 6.42 Å². The van der Waals surface area contributed by atoms with Crippen molar-refractivity contribution in [3.63, 3.8) is 0 Å². The van der Waals surface area contributed by atoms with E-state index in [0.717, 1.165) is 36.1 Å². The molecule has 0 aromatic heterocycles. The Bertz CT molecular complexity index is 416. The van der Waals surface area contributed by atoms with Gasteiger partial charge in [0.1, 0.15) is 0 Å². The molecule has 0 radical (unpaired) electrons. The molecule has 1 aliphatic carbocycles. The number of hydrogen-bond donors (Lipinski definition) is 2. The normalized spacial score (nSPS) is 17.4. The second-order valence-corrected chi connectivity index (χ2v) is 5.32. The summed E-state index contributed by atoms with van der Waals surface area (Å²) in [5.74, 6) is 0.0252. The van der Waals surface area contributed by atoms with Gasteiger partial charge in [-0.05, 0) is 56.4 Å². The molecule has 1 aromatic carbocycles. The van der Waals surface area contributed by atoms with E-state index in [1.165, 1.54) is 0 Å². The van der Waals surface area contributed by atoms with Crippen LogP contribution >= 0.6 is 0 Å². The molecule has 1 amide bonds. The average Bonchev–Trinajstić information content (AvgIpc) is 2.12. The van der Waals surface area contributed by atoms with E-state index in [1.807, 2.05) is 26.0 Å².